The van der Waals surface area contributed by atoms with Crippen molar-refractivity contribution in [2.45, 2.75) is 130 Å². The number of nitrogens with zero attached hydrogens (tertiary/aromatic N) is 6. The van der Waals surface area contributed by atoms with Crippen molar-refractivity contribution in [3.8, 4) is 15.4 Å². The lowest BCUT2D eigenvalue weighted by molar-refractivity contribution is -0.132. The molecule has 400 valence electrons. The molecule has 0 radical (unpaired) electrons. The summed E-state index contributed by atoms with van der Waals surface area (Å²) in [5.74, 6) is -1.14. The number of rotatable bonds is 7. The number of β-amino-alcohol motifs (C(OH)–C–C–N with tert-alkyl or cyclic N) is 1. The summed E-state index contributed by atoms with van der Waals surface area (Å²) in [6.07, 6.45) is -0.386. The number of halogens is 1. The third-order valence-corrected chi connectivity index (χ3v) is 16.5. The van der Waals surface area contributed by atoms with Gasteiger partial charge in [-0.15, -0.1) is 32.9 Å². The molecular formula is C53H67ClN12O7S2. The van der Waals surface area contributed by atoms with E-state index in [-0.39, 0.29) is 63.9 Å². The van der Waals surface area contributed by atoms with Crippen molar-refractivity contribution < 1.29 is 34.2 Å². The quantitative estimate of drug-likeness (QED) is 0.111. The summed E-state index contributed by atoms with van der Waals surface area (Å²) in [5.41, 5.74) is 6.98. The van der Waals surface area contributed by atoms with E-state index in [9.17, 15) is 34.2 Å². The second-order valence-electron chi connectivity index (χ2n) is 20.7. The summed E-state index contributed by atoms with van der Waals surface area (Å²) in [5, 5.41) is 50.3. The van der Waals surface area contributed by atoms with Crippen LogP contribution in [-0.4, -0.2) is 133 Å². The molecule has 1 unspecified atom stereocenters. The van der Waals surface area contributed by atoms with Crippen LogP contribution in [0, 0.1) is 33.1 Å². The first-order chi connectivity index (χ1) is 35.7. The molecule has 0 saturated carbocycles. The SMILES string of the molecule is Cc1ncsc1-c1ccc([C@@H]2NC(=O)[C@@H]3C[C@@H](O)CN3C[C@H](C(C)(C)C)NC(=O)CCCCCNC(=O)[C@@H](CNC(=O)C[C@@H]3N=C(c4ccc(Cl)cc4)c4c(sc(C)c4C)-n4c(C)nnc43)NC(O)CNC2=O)cc1. The Hall–Kier alpha value is -5.94. The van der Waals surface area contributed by atoms with Gasteiger partial charge < -0.3 is 36.8 Å². The Labute approximate surface area is 449 Å². The van der Waals surface area contributed by atoms with Crippen LogP contribution in [0.2, 0.25) is 5.02 Å². The van der Waals surface area contributed by atoms with Gasteiger partial charge in [0.1, 0.15) is 35.2 Å². The first kappa shape index (κ1) is 55.3. The number of aliphatic hydroxyl groups is 2. The number of aryl methyl sites for hydroxylation is 3. The number of hydrogen-bond acceptors (Lipinski definition) is 15. The molecule has 75 heavy (non-hydrogen) atoms. The van der Waals surface area contributed by atoms with Crippen LogP contribution in [0.15, 0.2) is 59.0 Å². The highest BCUT2D eigenvalue weighted by Crippen LogP contribution is 2.40. The average molecular weight is 1080 g/mol. The van der Waals surface area contributed by atoms with Gasteiger partial charge in [-0.05, 0) is 81.2 Å². The third-order valence-electron chi connectivity index (χ3n) is 14.1. The molecule has 19 nitrogen and oxygen atoms in total. The van der Waals surface area contributed by atoms with Crippen LogP contribution in [0.3, 0.4) is 0 Å². The largest absolute Gasteiger partial charge is 0.392 e. The van der Waals surface area contributed by atoms with Gasteiger partial charge in [-0.1, -0.05) is 75.2 Å². The lowest BCUT2D eigenvalue weighted by Gasteiger charge is -2.36. The highest BCUT2D eigenvalue weighted by atomic mass is 35.5. The van der Waals surface area contributed by atoms with E-state index in [2.05, 4.69) is 47.1 Å². The zero-order valence-corrected chi connectivity index (χ0v) is 45.7. The standard InChI is InChI=1S/C53H67ClN12O7S2/c1-28-30(3)75-52-44(28)45(32-16-18-35(54)19-17-32)60-37(48-64-63-31(4)66(48)52)22-42(69)56-23-38-49(71)55-20-10-8-9-11-41(68)61-40(53(5,6)7)26-65-25-36(67)21-39(65)50(72)62-46(51(73)57-24-43(70)59-38)33-12-14-34(15-13-33)47-29(2)58-27-74-47/h12-19,27,36-40,43,46,59,67,70H,8-11,20-26H2,1-7H3,(H,55,71)(H,56,69)(H,57,73)(H,61,68)(H,62,72)/t36-,37+,38-,39+,40-,43?,46+/m1/s1. The van der Waals surface area contributed by atoms with E-state index < -0.39 is 65.5 Å². The maximum Gasteiger partial charge on any atom is 0.247 e. The Morgan fingerprint density at radius 1 is 0.880 bits per heavy atom. The van der Waals surface area contributed by atoms with E-state index >= 15 is 0 Å². The van der Waals surface area contributed by atoms with Gasteiger partial charge in [0.05, 0.1) is 46.9 Å². The lowest BCUT2D eigenvalue weighted by Crippen LogP contribution is -2.57. The number of aliphatic hydroxyl groups excluding tert-OH is 2. The maximum atomic E-state index is 14.4. The van der Waals surface area contributed by atoms with Gasteiger partial charge in [-0.2, -0.15) is 0 Å². The number of amides is 5. The zero-order chi connectivity index (χ0) is 53.7. The van der Waals surface area contributed by atoms with Crippen LogP contribution >= 0.6 is 34.3 Å². The molecule has 2 fully saturated rings. The molecule has 8 rings (SSSR count). The van der Waals surface area contributed by atoms with Crippen LogP contribution in [0.1, 0.15) is 116 Å². The van der Waals surface area contributed by atoms with E-state index in [1.54, 1.807) is 41.1 Å². The smallest absolute Gasteiger partial charge is 0.247 e. The summed E-state index contributed by atoms with van der Waals surface area (Å²) in [6, 6.07) is 10.2. The highest BCUT2D eigenvalue weighted by molar-refractivity contribution is 7.15. The molecule has 5 aromatic rings. The second-order valence-corrected chi connectivity index (χ2v) is 23.2. The van der Waals surface area contributed by atoms with Crippen LogP contribution in [0.25, 0.3) is 15.4 Å². The number of carbonyl (C=O) groups is 5. The number of thiazole rings is 1. The van der Waals surface area contributed by atoms with Gasteiger partial charge in [-0.3, -0.25) is 43.7 Å². The Morgan fingerprint density at radius 2 is 1.61 bits per heavy atom. The van der Waals surface area contributed by atoms with Crippen LogP contribution in [-0.2, 0) is 24.0 Å². The van der Waals surface area contributed by atoms with Crippen molar-refractivity contribution in [3.63, 3.8) is 0 Å². The Balaban J connectivity index is 1.03. The predicted molar refractivity (Wildman–Crippen MR) is 289 cm³/mol. The molecule has 3 aromatic heterocycles. The van der Waals surface area contributed by atoms with Crippen LogP contribution < -0.4 is 31.9 Å². The van der Waals surface area contributed by atoms with Crippen molar-refractivity contribution >= 4 is 69.5 Å². The van der Waals surface area contributed by atoms with Crippen LogP contribution in [0.5, 0.6) is 0 Å². The maximum absolute atomic E-state index is 14.4. The molecular weight excluding hydrogens is 1020 g/mol. The molecule has 8 N–H and O–H groups in total. The van der Waals surface area contributed by atoms with Gasteiger partial charge in [0, 0.05) is 59.7 Å². The molecule has 2 aromatic carbocycles. The van der Waals surface area contributed by atoms with E-state index in [1.165, 1.54) is 11.3 Å². The molecule has 22 heteroatoms. The summed E-state index contributed by atoms with van der Waals surface area (Å²) in [6.45, 7) is 14.0. The minimum atomic E-state index is -1.50. The van der Waals surface area contributed by atoms with Crippen LogP contribution in [0.4, 0.5) is 0 Å². The number of benzene rings is 2. The Morgan fingerprint density at radius 3 is 2.32 bits per heavy atom. The van der Waals surface area contributed by atoms with Gasteiger partial charge in [0.25, 0.3) is 0 Å². The molecule has 6 heterocycles. The van der Waals surface area contributed by atoms with E-state index in [4.69, 9.17) is 16.6 Å². The number of hydrogen-bond donors (Lipinski definition) is 8. The lowest BCUT2D eigenvalue weighted by atomic mass is 9.86. The summed E-state index contributed by atoms with van der Waals surface area (Å²) >= 11 is 9.38. The van der Waals surface area contributed by atoms with Gasteiger partial charge in [0.2, 0.25) is 29.5 Å². The van der Waals surface area contributed by atoms with Crippen molar-refractivity contribution in [1.82, 2.24) is 56.5 Å². The van der Waals surface area contributed by atoms with E-state index in [0.29, 0.717) is 47.2 Å². The van der Waals surface area contributed by atoms with Crippen molar-refractivity contribution in [3.05, 3.63) is 104 Å². The molecule has 0 spiro atoms. The number of fused-ring (bicyclic) bond motifs is 4. The molecule has 5 amide bonds. The fourth-order valence-electron chi connectivity index (χ4n) is 9.67. The molecule has 2 saturated heterocycles. The third kappa shape index (κ3) is 13.2. The Bertz CT molecular complexity index is 2910. The number of nitrogens with one attached hydrogen (secondary N) is 6. The number of aromatic nitrogens is 4. The van der Waals surface area contributed by atoms with E-state index in [0.717, 1.165) is 42.7 Å². The molecule has 0 bridgehead atoms. The monoisotopic (exact) mass is 1080 g/mol. The first-order valence-electron chi connectivity index (χ1n) is 25.4. The van der Waals surface area contributed by atoms with Gasteiger partial charge in [0.15, 0.2) is 5.82 Å². The predicted octanol–water partition coefficient (Wildman–Crippen LogP) is 4.64. The van der Waals surface area contributed by atoms with Crippen molar-refractivity contribution in [2.75, 3.05) is 32.7 Å². The fraction of sp³-hybridized carbons (Fsp3) is 0.491. The van der Waals surface area contributed by atoms with Gasteiger partial charge >= 0.3 is 0 Å². The summed E-state index contributed by atoms with van der Waals surface area (Å²) in [7, 11) is 0. The number of thiophene rings is 1. The average Bonchev–Trinajstić information content (AvgIpc) is 4.15. The number of aliphatic imine (C=N–C) groups is 1. The highest BCUT2D eigenvalue weighted by Gasteiger charge is 2.41. The topological polar surface area (TPSA) is 257 Å². The summed E-state index contributed by atoms with van der Waals surface area (Å²) in [4.78, 5) is 83.6. The summed E-state index contributed by atoms with van der Waals surface area (Å²) < 4.78 is 1.94. The molecule has 3 aliphatic heterocycles. The Kier molecular flexibility index (Phi) is 17.7. The molecule has 3 aliphatic rings. The molecule has 0 aliphatic carbocycles. The first-order valence-corrected chi connectivity index (χ1v) is 27.5. The van der Waals surface area contributed by atoms with Crippen molar-refractivity contribution in [2.24, 2.45) is 10.4 Å². The minimum absolute atomic E-state index is 0.117. The van der Waals surface area contributed by atoms with Crippen molar-refractivity contribution in [1.29, 1.82) is 0 Å². The number of carbonyl (C=O) groups excluding carboxylic acids is 5. The minimum Gasteiger partial charge on any atom is -0.392 e. The molecule has 7 atom stereocenters. The van der Waals surface area contributed by atoms with E-state index in [1.807, 2.05) is 82.2 Å². The zero-order valence-electron chi connectivity index (χ0n) is 43.3. The second kappa shape index (κ2) is 23.9. The fourth-order valence-corrected chi connectivity index (χ4v) is 11.8. The normalized spacial score (nSPS) is 23.9. The van der Waals surface area contributed by atoms with Gasteiger partial charge in [-0.25, -0.2) is 4.98 Å².